The van der Waals surface area contributed by atoms with Crippen molar-refractivity contribution in [2.24, 2.45) is 0 Å². The van der Waals surface area contributed by atoms with E-state index in [1.165, 1.54) is 24.3 Å². The summed E-state index contributed by atoms with van der Waals surface area (Å²) >= 11 is 0. The summed E-state index contributed by atoms with van der Waals surface area (Å²) in [5.41, 5.74) is 4.19. The van der Waals surface area contributed by atoms with Crippen LogP contribution in [0.4, 0.5) is 0 Å². The maximum atomic E-state index is 12.1. The van der Waals surface area contributed by atoms with Crippen molar-refractivity contribution in [1.82, 2.24) is 15.8 Å². The van der Waals surface area contributed by atoms with E-state index in [9.17, 15) is 9.59 Å². The highest BCUT2D eigenvalue weighted by Crippen LogP contribution is 2.17. The van der Waals surface area contributed by atoms with Crippen molar-refractivity contribution in [3.05, 3.63) is 35.9 Å². The standard InChI is InChI=1S/C17H23N3O2/c21-16(18-14-9-5-2-6-10-14)12-20-17(22)15(19-20)11-13-7-3-1-4-8-13/h1,3-4,7-8,14-15,19H,2,5-6,9-12H2,(H,18,21)/t15-/m1/s1. The molecule has 2 amide bonds. The molecule has 1 saturated heterocycles. The minimum atomic E-state index is -0.204. The molecule has 1 saturated carbocycles. The Morgan fingerprint density at radius 3 is 2.59 bits per heavy atom. The molecule has 1 aliphatic carbocycles. The van der Waals surface area contributed by atoms with Crippen LogP contribution in [0.1, 0.15) is 37.7 Å². The number of carbonyl (C=O) groups excluding carboxylic acids is 2. The van der Waals surface area contributed by atoms with Crippen molar-refractivity contribution < 1.29 is 9.59 Å². The molecule has 1 aromatic carbocycles. The van der Waals surface area contributed by atoms with Crippen LogP contribution < -0.4 is 10.7 Å². The summed E-state index contributed by atoms with van der Waals surface area (Å²) in [6.45, 7) is 0.112. The van der Waals surface area contributed by atoms with E-state index >= 15 is 0 Å². The van der Waals surface area contributed by atoms with Crippen molar-refractivity contribution >= 4 is 11.8 Å². The quantitative estimate of drug-likeness (QED) is 0.864. The summed E-state index contributed by atoms with van der Waals surface area (Å²) in [6.07, 6.45) is 6.42. The summed E-state index contributed by atoms with van der Waals surface area (Å²) in [6, 6.07) is 9.99. The lowest BCUT2D eigenvalue weighted by atomic mass is 9.95. The third-order valence-electron chi connectivity index (χ3n) is 4.43. The lowest BCUT2D eigenvalue weighted by Crippen LogP contribution is -2.69. The van der Waals surface area contributed by atoms with E-state index in [1.807, 2.05) is 30.3 Å². The van der Waals surface area contributed by atoms with E-state index in [2.05, 4.69) is 10.7 Å². The van der Waals surface area contributed by atoms with Gasteiger partial charge in [-0.25, -0.2) is 5.43 Å². The Morgan fingerprint density at radius 2 is 1.91 bits per heavy atom. The van der Waals surface area contributed by atoms with Crippen LogP contribution in [0, 0.1) is 0 Å². The van der Waals surface area contributed by atoms with Crippen LogP contribution in [0.2, 0.25) is 0 Å². The van der Waals surface area contributed by atoms with Gasteiger partial charge in [-0.2, -0.15) is 0 Å². The topological polar surface area (TPSA) is 61.4 Å². The lowest BCUT2D eigenvalue weighted by Gasteiger charge is -2.39. The minimum absolute atomic E-state index is 0.00245. The normalized spacial score (nSPS) is 22.3. The third kappa shape index (κ3) is 3.65. The summed E-state index contributed by atoms with van der Waals surface area (Å²) in [4.78, 5) is 24.1. The molecule has 1 atom stereocenters. The van der Waals surface area contributed by atoms with E-state index < -0.39 is 0 Å². The molecule has 0 spiro atoms. The van der Waals surface area contributed by atoms with Crippen molar-refractivity contribution in [3.8, 4) is 0 Å². The zero-order chi connectivity index (χ0) is 15.4. The highest BCUT2D eigenvalue weighted by Gasteiger charge is 2.37. The fourth-order valence-corrected chi connectivity index (χ4v) is 3.20. The zero-order valence-electron chi connectivity index (χ0n) is 12.8. The number of rotatable bonds is 5. The fraction of sp³-hybridized carbons (Fsp3) is 0.529. The van der Waals surface area contributed by atoms with Gasteiger partial charge >= 0.3 is 0 Å². The molecule has 1 heterocycles. The average Bonchev–Trinajstić information content (AvgIpc) is 2.55. The Kier molecular flexibility index (Phi) is 4.73. The van der Waals surface area contributed by atoms with Gasteiger partial charge in [0, 0.05) is 6.04 Å². The van der Waals surface area contributed by atoms with Gasteiger partial charge in [0.25, 0.3) is 5.91 Å². The van der Waals surface area contributed by atoms with E-state index in [0.717, 1.165) is 18.4 Å². The van der Waals surface area contributed by atoms with E-state index in [0.29, 0.717) is 6.42 Å². The first-order valence-electron chi connectivity index (χ1n) is 8.13. The first-order chi connectivity index (χ1) is 10.7. The van der Waals surface area contributed by atoms with Gasteiger partial charge in [-0.3, -0.25) is 14.6 Å². The number of benzene rings is 1. The highest BCUT2D eigenvalue weighted by atomic mass is 16.2. The number of hydrogen-bond donors (Lipinski definition) is 2. The van der Waals surface area contributed by atoms with Crippen LogP contribution >= 0.6 is 0 Å². The maximum absolute atomic E-state index is 12.1. The monoisotopic (exact) mass is 301 g/mol. The molecule has 2 fully saturated rings. The van der Waals surface area contributed by atoms with Crippen LogP contribution in [0.5, 0.6) is 0 Å². The SMILES string of the molecule is O=C(CN1N[C@H](Cc2ccccc2)C1=O)NC1CCCCC1. The molecule has 1 aromatic rings. The Labute approximate surface area is 131 Å². The molecule has 5 heteroatoms. The summed E-state index contributed by atoms with van der Waals surface area (Å²) < 4.78 is 0. The molecule has 0 unspecified atom stereocenters. The molecule has 0 radical (unpaired) electrons. The molecular formula is C17H23N3O2. The first kappa shape index (κ1) is 15.0. The van der Waals surface area contributed by atoms with E-state index in [1.54, 1.807) is 0 Å². The predicted molar refractivity (Wildman–Crippen MR) is 83.8 cm³/mol. The molecule has 2 N–H and O–H groups in total. The fourth-order valence-electron chi connectivity index (χ4n) is 3.20. The van der Waals surface area contributed by atoms with Crippen molar-refractivity contribution in [3.63, 3.8) is 0 Å². The first-order valence-corrected chi connectivity index (χ1v) is 8.13. The Hall–Kier alpha value is -1.88. The molecule has 1 aliphatic heterocycles. The second-order valence-corrected chi connectivity index (χ2v) is 6.20. The van der Waals surface area contributed by atoms with Crippen LogP contribution in [0.15, 0.2) is 30.3 Å². The van der Waals surface area contributed by atoms with Gasteiger partial charge in [-0.15, -0.1) is 0 Å². The smallest absolute Gasteiger partial charge is 0.256 e. The van der Waals surface area contributed by atoms with Crippen LogP contribution in [-0.4, -0.2) is 35.5 Å². The molecule has 118 valence electrons. The largest absolute Gasteiger partial charge is 0.352 e. The second-order valence-electron chi connectivity index (χ2n) is 6.20. The van der Waals surface area contributed by atoms with Gasteiger partial charge in [0.15, 0.2) is 0 Å². The van der Waals surface area contributed by atoms with Gasteiger partial charge < -0.3 is 5.32 Å². The second kappa shape index (κ2) is 6.92. The summed E-state index contributed by atoms with van der Waals surface area (Å²) in [5.74, 6) is -0.0615. The van der Waals surface area contributed by atoms with Crippen LogP contribution in [0.3, 0.4) is 0 Å². The predicted octanol–water partition coefficient (Wildman–Crippen LogP) is 1.39. The third-order valence-corrected chi connectivity index (χ3v) is 4.43. The summed E-state index contributed by atoms with van der Waals surface area (Å²) in [5, 5.41) is 4.45. The minimum Gasteiger partial charge on any atom is -0.352 e. The zero-order valence-corrected chi connectivity index (χ0v) is 12.8. The van der Waals surface area contributed by atoms with Crippen molar-refractivity contribution in [1.29, 1.82) is 0 Å². The number of amides is 2. The molecule has 3 rings (SSSR count). The average molecular weight is 301 g/mol. The van der Waals surface area contributed by atoms with E-state index in [4.69, 9.17) is 0 Å². The highest BCUT2D eigenvalue weighted by molar-refractivity contribution is 5.91. The van der Waals surface area contributed by atoms with Gasteiger partial charge in [0.1, 0.15) is 12.6 Å². The molecule has 22 heavy (non-hydrogen) atoms. The van der Waals surface area contributed by atoms with Gasteiger partial charge in [0.2, 0.25) is 5.91 Å². The molecule has 2 aliphatic rings. The maximum Gasteiger partial charge on any atom is 0.256 e. The van der Waals surface area contributed by atoms with Gasteiger partial charge in [-0.1, -0.05) is 49.6 Å². The number of nitrogens with zero attached hydrogens (tertiary/aromatic N) is 1. The van der Waals surface area contributed by atoms with Gasteiger partial charge in [-0.05, 0) is 24.8 Å². The number of carbonyl (C=O) groups is 2. The number of nitrogens with one attached hydrogen (secondary N) is 2. The molecule has 0 aromatic heterocycles. The summed E-state index contributed by atoms with van der Waals surface area (Å²) in [7, 11) is 0. The lowest BCUT2D eigenvalue weighted by molar-refractivity contribution is -0.155. The molecular weight excluding hydrogens is 278 g/mol. The Balaban J connectivity index is 1.41. The van der Waals surface area contributed by atoms with Crippen molar-refractivity contribution in [2.75, 3.05) is 6.54 Å². The molecule has 0 bridgehead atoms. The number of hydrazine groups is 1. The van der Waals surface area contributed by atoms with Crippen LogP contribution in [-0.2, 0) is 16.0 Å². The van der Waals surface area contributed by atoms with Crippen molar-refractivity contribution in [2.45, 2.75) is 50.6 Å². The van der Waals surface area contributed by atoms with E-state index in [-0.39, 0.29) is 30.4 Å². The van der Waals surface area contributed by atoms with Gasteiger partial charge in [0.05, 0.1) is 0 Å². The van der Waals surface area contributed by atoms with Crippen LogP contribution in [0.25, 0.3) is 0 Å². The number of hydrogen-bond acceptors (Lipinski definition) is 3. The molecule has 5 nitrogen and oxygen atoms in total. The Morgan fingerprint density at radius 1 is 1.18 bits per heavy atom. The Bertz CT molecular complexity index is 526.